The van der Waals surface area contributed by atoms with Crippen molar-refractivity contribution in [2.24, 2.45) is 0 Å². The third-order valence-electron chi connectivity index (χ3n) is 3.28. The smallest absolute Gasteiger partial charge is 0.360 e. The maximum Gasteiger partial charge on any atom is 0.633 e. The van der Waals surface area contributed by atoms with Crippen LogP contribution in [0.5, 0.6) is 0 Å². The van der Waals surface area contributed by atoms with Crippen molar-refractivity contribution in [1.29, 1.82) is 0 Å². The second-order valence-corrected chi connectivity index (χ2v) is 8.31. The molecule has 1 aliphatic rings. The molecule has 0 aliphatic carbocycles. The van der Waals surface area contributed by atoms with Crippen molar-refractivity contribution in [2.75, 3.05) is 25.9 Å². The highest BCUT2D eigenvalue weighted by molar-refractivity contribution is 8.00. The average molecular weight is 436 g/mol. The van der Waals surface area contributed by atoms with Gasteiger partial charge in [-0.1, -0.05) is 37.2 Å². The van der Waals surface area contributed by atoms with Crippen LogP contribution in [0.15, 0.2) is 29.2 Å². The quantitative estimate of drug-likeness (QED) is 0.638. The van der Waals surface area contributed by atoms with Gasteiger partial charge in [-0.15, -0.1) is 0 Å². The molecular weight excluding hydrogens is 407 g/mol. The van der Waals surface area contributed by atoms with Crippen molar-refractivity contribution < 1.29 is 13.3 Å². The molecule has 1 heterocycles. The van der Waals surface area contributed by atoms with Crippen LogP contribution in [0.3, 0.4) is 0 Å². The zero-order chi connectivity index (χ0) is 13.9. The normalized spacial score (nSPS) is 15.5. The van der Waals surface area contributed by atoms with Crippen LogP contribution in [-0.4, -0.2) is 35.7 Å². The van der Waals surface area contributed by atoms with Gasteiger partial charge in [0.05, 0.1) is 5.37 Å². The fourth-order valence-corrected chi connectivity index (χ4v) is 6.41. The van der Waals surface area contributed by atoms with Crippen molar-refractivity contribution in [3.63, 3.8) is 0 Å². The Morgan fingerprint density at radius 1 is 1.00 bits per heavy atom. The van der Waals surface area contributed by atoms with Gasteiger partial charge in [0.25, 0.3) is 0 Å². The van der Waals surface area contributed by atoms with Crippen LogP contribution in [-0.2, 0) is 13.3 Å². The molecule has 0 spiro atoms. The summed E-state index contributed by atoms with van der Waals surface area (Å²) in [7, 11) is 2.16. The molecule has 1 aliphatic heterocycles. The minimum absolute atomic E-state index is 0. The molecule has 1 unspecified atom stereocenters. The third kappa shape index (κ3) is 5.68. The van der Waals surface area contributed by atoms with Crippen LogP contribution in [0.1, 0.15) is 19.8 Å². The van der Waals surface area contributed by atoms with Gasteiger partial charge in [0.15, 0.2) is 0 Å². The van der Waals surface area contributed by atoms with Crippen molar-refractivity contribution >= 4 is 80.4 Å². The van der Waals surface area contributed by atoms with Crippen molar-refractivity contribution in [3.05, 3.63) is 24.3 Å². The van der Waals surface area contributed by atoms with Crippen molar-refractivity contribution in [2.45, 2.75) is 30.0 Å². The molecule has 138 valence electrons. The van der Waals surface area contributed by atoms with Gasteiger partial charge in [-0.25, -0.2) is 0 Å². The molecule has 1 atom stereocenters. The van der Waals surface area contributed by atoms with Gasteiger partial charge in [0.1, 0.15) is 0 Å². The number of fused-ring (bicyclic) bond motifs is 1. The predicted molar refractivity (Wildman–Crippen MR) is 122 cm³/mol. The lowest BCUT2D eigenvalue weighted by Crippen LogP contribution is -2.61. The Morgan fingerprint density at radius 3 is 2.00 bits per heavy atom. The first-order valence-corrected chi connectivity index (χ1v) is 8.98. The SMILES string of the molecule is CCCC1Sc2ccccc2N1[Si](OC)(OC)OC.S.S.S.S. The van der Waals surface area contributed by atoms with E-state index in [0.717, 1.165) is 18.5 Å². The molecule has 1 aromatic carbocycles. The molecule has 0 radical (unpaired) electrons. The largest absolute Gasteiger partial charge is 0.633 e. The summed E-state index contributed by atoms with van der Waals surface area (Å²) in [5.74, 6) is 0. The monoisotopic (exact) mass is 435 g/mol. The number of thioether (sulfide) groups is 1. The van der Waals surface area contributed by atoms with Crippen LogP contribution < -0.4 is 4.57 Å². The van der Waals surface area contributed by atoms with Gasteiger partial charge in [0.2, 0.25) is 0 Å². The summed E-state index contributed by atoms with van der Waals surface area (Å²) >= 11 is 1.86. The summed E-state index contributed by atoms with van der Waals surface area (Å²) in [5, 5.41) is 0.314. The molecule has 1 aromatic rings. The highest BCUT2D eigenvalue weighted by atomic mass is 32.2. The maximum absolute atomic E-state index is 5.66. The lowest BCUT2D eigenvalue weighted by Gasteiger charge is -2.37. The fraction of sp³-hybridized carbons (Fsp3) is 0.538. The molecule has 0 fully saturated rings. The van der Waals surface area contributed by atoms with Crippen molar-refractivity contribution in [1.82, 2.24) is 0 Å². The van der Waals surface area contributed by atoms with Crippen molar-refractivity contribution in [3.8, 4) is 0 Å². The Kier molecular flexibility index (Phi) is 16.4. The first-order chi connectivity index (χ1) is 9.22. The highest BCUT2D eigenvalue weighted by Gasteiger charge is 2.53. The number of para-hydroxylation sites is 1. The lowest BCUT2D eigenvalue weighted by atomic mass is 10.3. The van der Waals surface area contributed by atoms with E-state index in [9.17, 15) is 0 Å². The Bertz CT molecular complexity index is 432. The van der Waals surface area contributed by atoms with Crippen LogP contribution in [0.2, 0.25) is 0 Å². The molecule has 0 aromatic heterocycles. The van der Waals surface area contributed by atoms with Crippen LogP contribution >= 0.6 is 65.7 Å². The van der Waals surface area contributed by atoms with E-state index in [1.165, 1.54) is 4.90 Å². The zero-order valence-corrected chi connectivity index (χ0v) is 19.7. The van der Waals surface area contributed by atoms with E-state index in [4.69, 9.17) is 13.3 Å². The fourth-order valence-electron chi connectivity index (χ4n) is 2.41. The standard InChI is InChI=1S/C13H21NO3SSi.4H2S/c1-5-8-13-14(19(15-2,16-3)17-4)11-9-6-7-10-12(11)18-13;;;;/h6-7,9-10,13H,5,8H2,1-4H3;4*1H2. The first kappa shape index (κ1) is 28.7. The number of hydrogen-bond donors (Lipinski definition) is 0. The highest BCUT2D eigenvalue weighted by Crippen LogP contribution is 2.47. The van der Waals surface area contributed by atoms with Gasteiger partial charge in [-0.2, -0.15) is 54.0 Å². The molecule has 23 heavy (non-hydrogen) atoms. The number of hydrogen-bond acceptors (Lipinski definition) is 5. The topological polar surface area (TPSA) is 30.9 Å². The number of anilines is 1. The number of rotatable bonds is 6. The van der Waals surface area contributed by atoms with E-state index in [-0.39, 0.29) is 54.0 Å². The minimum Gasteiger partial charge on any atom is -0.360 e. The van der Waals surface area contributed by atoms with E-state index >= 15 is 0 Å². The van der Waals surface area contributed by atoms with Gasteiger partial charge in [0, 0.05) is 31.9 Å². The molecule has 0 saturated carbocycles. The zero-order valence-electron chi connectivity index (χ0n) is 13.9. The van der Waals surface area contributed by atoms with E-state index < -0.39 is 8.97 Å². The summed E-state index contributed by atoms with van der Waals surface area (Å²) in [6.07, 6.45) is 2.19. The summed E-state index contributed by atoms with van der Waals surface area (Å²) in [6.45, 7) is 2.19. The molecule has 4 nitrogen and oxygen atoms in total. The maximum atomic E-state index is 5.66. The number of benzene rings is 1. The lowest BCUT2D eigenvalue weighted by molar-refractivity contribution is 0.120. The second kappa shape index (κ2) is 13.1. The Hall–Kier alpha value is 0.867. The molecule has 2 rings (SSSR count). The molecule has 10 heteroatoms. The molecule has 0 amide bonds. The van der Waals surface area contributed by atoms with E-state index in [1.807, 2.05) is 17.8 Å². The van der Waals surface area contributed by atoms with Gasteiger partial charge >= 0.3 is 8.97 Å². The summed E-state index contributed by atoms with van der Waals surface area (Å²) in [4.78, 5) is 1.27. The molecule has 0 bridgehead atoms. The summed E-state index contributed by atoms with van der Waals surface area (Å²) < 4.78 is 19.2. The van der Waals surface area contributed by atoms with Crippen LogP contribution in [0.4, 0.5) is 5.69 Å². The van der Waals surface area contributed by atoms with Gasteiger partial charge in [-0.05, 0) is 18.6 Å². The Labute approximate surface area is 173 Å². The van der Waals surface area contributed by atoms with E-state index in [2.05, 4.69) is 29.7 Å². The minimum atomic E-state index is -2.82. The molecule has 0 saturated heterocycles. The van der Waals surface area contributed by atoms with E-state index in [1.54, 1.807) is 21.3 Å². The Balaban J connectivity index is -0.000001000. The number of nitrogens with zero attached hydrogens (tertiary/aromatic N) is 1. The van der Waals surface area contributed by atoms with Gasteiger partial charge < -0.3 is 17.8 Å². The summed E-state index contributed by atoms with van der Waals surface area (Å²) in [6, 6.07) is 8.36. The first-order valence-electron chi connectivity index (χ1n) is 6.43. The molecule has 0 N–H and O–H groups in total. The van der Waals surface area contributed by atoms with E-state index in [0.29, 0.717) is 5.37 Å². The Morgan fingerprint density at radius 2 is 1.52 bits per heavy atom. The third-order valence-corrected chi connectivity index (χ3v) is 7.48. The van der Waals surface area contributed by atoms with Gasteiger partial charge in [-0.3, -0.25) is 0 Å². The molecular formula is C13H29NO3S5Si. The summed E-state index contributed by atoms with van der Waals surface area (Å²) in [5.41, 5.74) is 1.16. The van der Waals surface area contributed by atoms with Crippen LogP contribution in [0.25, 0.3) is 0 Å². The predicted octanol–water partition coefficient (Wildman–Crippen LogP) is 3.55. The average Bonchev–Trinajstić information content (AvgIpc) is 2.81. The van der Waals surface area contributed by atoms with Crippen LogP contribution in [0, 0.1) is 0 Å². The second-order valence-electron chi connectivity index (χ2n) is 4.34.